The van der Waals surface area contributed by atoms with Crippen LogP contribution in [0.4, 0.5) is 11.4 Å². The molecule has 0 saturated heterocycles. The average Bonchev–Trinajstić information content (AvgIpc) is 2.69. The summed E-state index contributed by atoms with van der Waals surface area (Å²) < 4.78 is 5.46. The first-order chi connectivity index (χ1) is 13.9. The molecule has 2 N–H and O–H groups in total. The molecule has 1 aliphatic heterocycles. The summed E-state index contributed by atoms with van der Waals surface area (Å²) in [5, 5.41) is 5.69. The van der Waals surface area contributed by atoms with Gasteiger partial charge in [-0.15, -0.1) is 0 Å². The Labute approximate surface area is 170 Å². The largest absolute Gasteiger partial charge is 0.482 e. The summed E-state index contributed by atoms with van der Waals surface area (Å²) in [6, 6.07) is 12.4. The lowest BCUT2D eigenvalue weighted by molar-refractivity contribution is -0.125. The zero-order valence-corrected chi connectivity index (χ0v) is 16.8. The maximum atomic E-state index is 12.8. The Morgan fingerprint density at radius 1 is 1.17 bits per heavy atom. The van der Waals surface area contributed by atoms with Gasteiger partial charge in [-0.1, -0.05) is 25.1 Å². The number of ether oxygens (including phenoxy) is 1. The zero-order chi connectivity index (χ0) is 21.0. The van der Waals surface area contributed by atoms with Crippen molar-refractivity contribution in [2.24, 2.45) is 0 Å². The van der Waals surface area contributed by atoms with Crippen LogP contribution in [0.25, 0.3) is 0 Å². The highest BCUT2D eigenvalue weighted by Crippen LogP contribution is 2.33. The van der Waals surface area contributed by atoms with Crippen LogP contribution >= 0.6 is 0 Å². The van der Waals surface area contributed by atoms with Gasteiger partial charge in [0.15, 0.2) is 6.61 Å². The number of nitrogens with one attached hydrogen (secondary N) is 2. The van der Waals surface area contributed by atoms with Crippen LogP contribution in [-0.4, -0.2) is 36.9 Å². The quantitative estimate of drug-likeness (QED) is 0.787. The molecule has 0 aliphatic carbocycles. The maximum Gasteiger partial charge on any atom is 0.265 e. The van der Waals surface area contributed by atoms with Crippen molar-refractivity contribution in [3.63, 3.8) is 0 Å². The van der Waals surface area contributed by atoms with E-state index >= 15 is 0 Å². The third kappa shape index (κ3) is 4.74. The van der Waals surface area contributed by atoms with Crippen LogP contribution < -0.4 is 20.3 Å². The predicted molar refractivity (Wildman–Crippen MR) is 111 cm³/mol. The van der Waals surface area contributed by atoms with E-state index < -0.39 is 0 Å². The van der Waals surface area contributed by atoms with Gasteiger partial charge in [-0.05, 0) is 50.1 Å². The van der Waals surface area contributed by atoms with Crippen LogP contribution in [0.2, 0.25) is 0 Å². The van der Waals surface area contributed by atoms with Gasteiger partial charge in [0.1, 0.15) is 12.3 Å². The molecule has 2 aromatic carbocycles. The molecule has 0 bridgehead atoms. The second kappa shape index (κ2) is 8.77. The summed E-state index contributed by atoms with van der Waals surface area (Å²) >= 11 is 0. The van der Waals surface area contributed by atoms with Crippen molar-refractivity contribution in [1.29, 1.82) is 0 Å². The van der Waals surface area contributed by atoms with Crippen LogP contribution in [0.1, 0.15) is 36.7 Å². The minimum atomic E-state index is -0.328. The molecule has 0 radical (unpaired) electrons. The molecule has 2 aromatic rings. The van der Waals surface area contributed by atoms with Crippen molar-refractivity contribution in [3.05, 3.63) is 53.6 Å². The van der Waals surface area contributed by atoms with Gasteiger partial charge in [0.2, 0.25) is 5.91 Å². The molecule has 29 heavy (non-hydrogen) atoms. The highest BCUT2D eigenvalue weighted by atomic mass is 16.5. The maximum absolute atomic E-state index is 12.8. The van der Waals surface area contributed by atoms with Crippen molar-refractivity contribution in [1.82, 2.24) is 5.32 Å². The summed E-state index contributed by atoms with van der Waals surface area (Å²) in [6.07, 6.45) is 0.793. The summed E-state index contributed by atoms with van der Waals surface area (Å²) in [6.45, 7) is 5.45. The summed E-state index contributed by atoms with van der Waals surface area (Å²) in [4.78, 5) is 38.7. The SMILES string of the molecule is CCc1ccccc1NC(=O)c1ccc2c(c1)N(CC(=O)NC(C)C)C(=O)CO2. The number of amides is 3. The number of anilines is 2. The van der Waals surface area contributed by atoms with E-state index in [1.165, 1.54) is 4.90 Å². The first-order valence-electron chi connectivity index (χ1n) is 9.65. The molecule has 0 atom stereocenters. The van der Waals surface area contributed by atoms with Gasteiger partial charge >= 0.3 is 0 Å². The highest BCUT2D eigenvalue weighted by molar-refractivity contribution is 6.07. The van der Waals surface area contributed by atoms with Crippen molar-refractivity contribution >= 4 is 29.1 Å². The average molecular weight is 395 g/mol. The molecule has 1 aliphatic rings. The molecule has 0 fully saturated rings. The smallest absolute Gasteiger partial charge is 0.265 e. The Bertz CT molecular complexity index is 939. The minimum absolute atomic E-state index is 0.0335. The van der Waals surface area contributed by atoms with Crippen molar-refractivity contribution < 1.29 is 19.1 Å². The molecular formula is C22H25N3O4. The number of rotatable bonds is 6. The molecule has 0 spiro atoms. The first kappa shape index (κ1) is 20.4. The van der Waals surface area contributed by atoms with E-state index in [1.807, 2.05) is 45.0 Å². The van der Waals surface area contributed by atoms with Crippen molar-refractivity contribution in [3.8, 4) is 5.75 Å². The monoisotopic (exact) mass is 395 g/mol. The van der Waals surface area contributed by atoms with E-state index in [2.05, 4.69) is 10.6 Å². The molecule has 0 aromatic heterocycles. The van der Waals surface area contributed by atoms with Crippen molar-refractivity contribution in [2.45, 2.75) is 33.2 Å². The lowest BCUT2D eigenvalue weighted by Gasteiger charge is -2.29. The van der Waals surface area contributed by atoms with Crippen LogP contribution in [0, 0.1) is 0 Å². The van der Waals surface area contributed by atoms with Gasteiger partial charge in [0.25, 0.3) is 11.8 Å². The van der Waals surface area contributed by atoms with E-state index in [1.54, 1.807) is 18.2 Å². The molecule has 1 heterocycles. The van der Waals surface area contributed by atoms with E-state index in [9.17, 15) is 14.4 Å². The Hall–Kier alpha value is -3.35. The molecule has 7 heteroatoms. The van der Waals surface area contributed by atoms with Gasteiger partial charge in [0, 0.05) is 17.3 Å². The number of nitrogens with zero attached hydrogens (tertiary/aromatic N) is 1. The third-order valence-electron chi connectivity index (χ3n) is 4.56. The fourth-order valence-corrected chi connectivity index (χ4v) is 3.17. The topological polar surface area (TPSA) is 87.7 Å². The Kier molecular flexibility index (Phi) is 6.16. The number of benzene rings is 2. The van der Waals surface area contributed by atoms with E-state index in [4.69, 9.17) is 4.74 Å². The van der Waals surface area contributed by atoms with Crippen LogP contribution in [-0.2, 0) is 16.0 Å². The number of aryl methyl sites for hydroxylation is 1. The normalized spacial score (nSPS) is 13.0. The highest BCUT2D eigenvalue weighted by Gasteiger charge is 2.28. The number of carbonyl (C=O) groups is 3. The summed E-state index contributed by atoms with van der Waals surface area (Å²) in [5.74, 6) is -0.427. The number of carbonyl (C=O) groups excluding carboxylic acids is 3. The van der Waals surface area contributed by atoms with Gasteiger partial charge in [0.05, 0.1) is 5.69 Å². The van der Waals surface area contributed by atoms with Crippen molar-refractivity contribution in [2.75, 3.05) is 23.4 Å². The van der Waals surface area contributed by atoms with Gasteiger partial charge < -0.3 is 15.4 Å². The molecule has 0 unspecified atom stereocenters. The molecule has 0 saturated carbocycles. The predicted octanol–water partition coefficient (Wildman–Crippen LogP) is 2.75. The standard InChI is InChI=1S/C22H25N3O4/c1-4-15-7-5-6-8-17(15)24-22(28)16-9-10-19-18(11-16)25(21(27)13-29-19)12-20(26)23-14(2)3/h5-11,14H,4,12-13H2,1-3H3,(H,23,26)(H,24,28). The van der Waals surface area contributed by atoms with E-state index in [0.717, 1.165) is 17.7 Å². The molecule has 152 valence electrons. The number of fused-ring (bicyclic) bond motifs is 1. The number of para-hydroxylation sites is 1. The lowest BCUT2D eigenvalue weighted by Crippen LogP contribution is -2.46. The second-order valence-electron chi connectivity index (χ2n) is 7.14. The second-order valence-corrected chi connectivity index (χ2v) is 7.14. The fraction of sp³-hybridized carbons (Fsp3) is 0.318. The Morgan fingerprint density at radius 2 is 1.93 bits per heavy atom. The Morgan fingerprint density at radius 3 is 2.66 bits per heavy atom. The van der Waals surface area contributed by atoms with Crippen LogP contribution in [0.5, 0.6) is 5.75 Å². The number of hydrogen-bond donors (Lipinski definition) is 2. The molecule has 7 nitrogen and oxygen atoms in total. The summed E-state index contributed by atoms with van der Waals surface area (Å²) in [7, 11) is 0. The lowest BCUT2D eigenvalue weighted by atomic mass is 10.1. The van der Waals surface area contributed by atoms with Crippen LogP contribution in [0.15, 0.2) is 42.5 Å². The molecule has 3 amide bonds. The fourth-order valence-electron chi connectivity index (χ4n) is 3.17. The number of hydrogen-bond acceptors (Lipinski definition) is 4. The zero-order valence-electron chi connectivity index (χ0n) is 16.8. The molecule has 3 rings (SSSR count). The third-order valence-corrected chi connectivity index (χ3v) is 4.56. The minimum Gasteiger partial charge on any atom is -0.482 e. The van der Waals surface area contributed by atoms with Gasteiger partial charge in [-0.3, -0.25) is 19.3 Å². The van der Waals surface area contributed by atoms with Crippen LogP contribution in [0.3, 0.4) is 0 Å². The van der Waals surface area contributed by atoms with E-state index in [0.29, 0.717) is 17.0 Å². The van der Waals surface area contributed by atoms with Gasteiger partial charge in [-0.25, -0.2) is 0 Å². The first-order valence-corrected chi connectivity index (χ1v) is 9.65. The van der Waals surface area contributed by atoms with E-state index in [-0.39, 0.29) is 36.9 Å². The summed E-state index contributed by atoms with van der Waals surface area (Å²) in [5.41, 5.74) is 2.57. The van der Waals surface area contributed by atoms with Gasteiger partial charge in [-0.2, -0.15) is 0 Å². The molecular weight excluding hydrogens is 370 g/mol. The Balaban J connectivity index is 1.85.